The Balaban J connectivity index is 1.75. The van der Waals surface area contributed by atoms with Crippen molar-refractivity contribution in [2.75, 3.05) is 18.0 Å². The first-order valence-electron chi connectivity index (χ1n) is 8.98. The molecule has 3 aromatic rings. The van der Waals surface area contributed by atoms with Crippen LogP contribution in [-0.4, -0.2) is 23.9 Å². The summed E-state index contributed by atoms with van der Waals surface area (Å²) in [5.41, 5.74) is 3.54. The highest BCUT2D eigenvalue weighted by atomic mass is 16.1. The summed E-state index contributed by atoms with van der Waals surface area (Å²) in [6.07, 6.45) is 5.56. The minimum Gasteiger partial charge on any atom is -0.371 e. The Morgan fingerprint density at radius 1 is 1.00 bits per heavy atom. The molecule has 0 unspecified atom stereocenters. The van der Waals surface area contributed by atoms with Gasteiger partial charge in [0.1, 0.15) is 5.69 Å². The molecule has 2 aromatic carbocycles. The molecule has 1 fully saturated rings. The molecule has 0 aliphatic carbocycles. The van der Waals surface area contributed by atoms with E-state index in [1.54, 1.807) is 0 Å². The lowest BCUT2D eigenvalue weighted by Crippen LogP contribution is -2.30. The van der Waals surface area contributed by atoms with Gasteiger partial charge in [0, 0.05) is 30.5 Å². The summed E-state index contributed by atoms with van der Waals surface area (Å²) < 4.78 is 0. The molecular weight excluding hydrogens is 308 g/mol. The molecule has 0 saturated carbocycles. The van der Waals surface area contributed by atoms with Gasteiger partial charge in [-0.15, -0.1) is 0 Å². The Bertz CT molecular complexity index is 921. The second kappa shape index (κ2) is 6.67. The van der Waals surface area contributed by atoms with Crippen LogP contribution in [0.5, 0.6) is 0 Å². The molecule has 0 atom stereocenters. The van der Waals surface area contributed by atoms with Crippen molar-refractivity contribution in [3.8, 4) is 0 Å². The zero-order valence-corrected chi connectivity index (χ0v) is 14.5. The molecule has 126 valence electrons. The van der Waals surface area contributed by atoms with Gasteiger partial charge < -0.3 is 4.90 Å². The summed E-state index contributed by atoms with van der Waals surface area (Å²) in [6.45, 7) is 4.20. The van der Waals surface area contributed by atoms with Crippen molar-refractivity contribution in [3.05, 3.63) is 71.5 Å². The third-order valence-electron chi connectivity index (χ3n) is 5.04. The van der Waals surface area contributed by atoms with Crippen LogP contribution in [0.2, 0.25) is 0 Å². The van der Waals surface area contributed by atoms with Crippen LogP contribution in [0.4, 0.5) is 5.69 Å². The van der Waals surface area contributed by atoms with Gasteiger partial charge in [-0.05, 0) is 48.6 Å². The molecular formula is C22H22N2O. The third-order valence-corrected chi connectivity index (χ3v) is 5.04. The van der Waals surface area contributed by atoms with Gasteiger partial charge in [-0.2, -0.15) is 0 Å². The van der Waals surface area contributed by atoms with Crippen molar-refractivity contribution < 1.29 is 4.79 Å². The van der Waals surface area contributed by atoms with Crippen molar-refractivity contribution >= 4 is 22.2 Å². The largest absolute Gasteiger partial charge is 0.371 e. The Hall–Kier alpha value is -2.68. The van der Waals surface area contributed by atoms with E-state index >= 15 is 0 Å². The molecule has 1 saturated heterocycles. The fraction of sp³-hybridized carbons (Fsp3) is 0.273. The minimum atomic E-state index is -0.00457. The second-order valence-electron chi connectivity index (χ2n) is 6.76. The fourth-order valence-corrected chi connectivity index (χ4v) is 3.67. The van der Waals surface area contributed by atoms with Crippen LogP contribution in [-0.2, 0) is 0 Å². The third kappa shape index (κ3) is 3.02. The summed E-state index contributed by atoms with van der Waals surface area (Å²) >= 11 is 0. The van der Waals surface area contributed by atoms with Gasteiger partial charge in [-0.3, -0.25) is 9.78 Å². The van der Waals surface area contributed by atoms with Gasteiger partial charge >= 0.3 is 0 Å². The van der Waals surface area contributed by atoms with Gasteiger partial charge in [0.25, 0.3) is 0 Å². The highest BCUT2D eigenvalue weighted by molar-refractivity contribution is 6.15. The molecule has 25 heavy (non-hydrogen) atoms. The van der Waals surface area contributed by atoms with Crippen molar-refractivity contribution in [2.45, 2.75) is 26.2 Å². The molecule has 2 heterocycles. The quantitative estimate of drug-likeness (QED) is 0.649. The first kappa shape index (κ1) is 15.8. The van der Waals surface area contributed by atoms with Crippen LogP contribution < -0.4 is 4.90 Å². The van der Waals surface area contributed by atoms with E-state index in [-0.39, 0.29) is 5.78 Å². The summed E-state index contributed by atoms with van der Waals surface area (Å²) in [5.74, 6) is -0.00457. The van der Waals surface area contributed by atoms with Gasteiger partial charge in [-0.1, -0.05) is 42.5 Å². The Morgan fingerprint density at radius 2 is 1.76 bits per heavy atom. The molecule has 0 amide bonds. The number of aryl methyl sites for hydroxylation is 1. The molecule has 0 bridgehead atoms. The first-order chi connectivity index (χ1) is 12.2. The van der Waals surface area contributed by atoms with Crippen LogP contribution in [0.1, 0.15) is 40.9 Å². The maximum Gasteiger partial charge on any atom is 0.212 e. The molecule has 1 aliphatic heterocycles. The molecule has 0 N–H and O–H groups in total. The zero-order chi connectivity index (χ0) is 17.2. The van der Waals surface area contributed by atoms with Crippen LogP contribution >= 0.6 is 0 Å². The normalized spacial score (nSPS) is 14.7. The standard InChI is InChI=1S/C22H22N2O/c1-16-15-23-20(14-21(16)24-12-5-2-6-13-24)22(25)19-11-7-9-17-8-3-4-10-18(17)19/h3-4,7-11,14-15H,2,5-6,12-13H2,1H3. The number of fused-ring (bicyclic) bond motifs is 1. The highest BCUT2D eigenvalue weighted by Crippen LogP contribution is 2.26. The Labute approximate surface area is 148 Å². The number of carbonyl (C=O) groups is 1. The van der Waals surface area contributed by atoms with E-state index in [1.807, 2.05) is 54.7 Å². The number of anilines is 1. The molecule has 0 spiro atoms. The van der Waals surface area contributed by atoms with Crippen LogP contribution in [0.15, 0.2) is 54.7 Å². The maximum atomic E-state index is 13.1. The molecule has 3 heteroatoms. The molecule has 0 radical (unpaired) electrons. The summed E-state index contributed by atoms with van der Waals surface area (Å²) in [7, 11) is 0. The van der Waals surface area contributed by atoms with Gasteiger partial charge in [0.15, 0.2) is 0 Å². The fourth-order valence-electron chi connectivity index (χ4n) is 3.67. The minimum absolute atomic E-state index is 0.00457. The van der Waals surface area contributed by atoms with Gasteiger partial charge in [-0.25, -0.2) is 0 Å². The number of ketones is 1. The van der Waals surface area contributed by atoms with E-state index in [9.17, 15) is 4.79 Å². The highest BCUT2D eigenvalue weighted by Gasteiger charge is 2.18. The number of hydrogen-bond donors (Lipinski definition) is 0. The smallest absolute Gasteiger partial charge is 0.212 e. The van der Waals surface area contributed by atoms with Gasteiger partial charge in [0.05, 0.1) is 0 Å². The lowest BCUT2D eigenvalue weighted by molar-refractivity contribution is 0.103. The number of carbonyl (C=O) groups excluding carboxylic acids is 1. The lowest BCUT2D eigenvalue weighted by atomic mass is 9.99. The molecule has 4 rings (SSSR count). The van der Waals surface area contributed by atoms with Crippen LogP contribution in [0, 0.1) is 6.92 Å². The van der Waals surface area contributed by atoms with Crippen LogP contribution in [0.25, 0.3) is 10.8 Å². The topological polar surface area (TPSA) is 33.2 Å². The summed E-state index contributed by atoms with van der Waals surface area (Å²) in [4.78, 5) is 20.0. The first-order valence-corrected chi connectivity index (χ1v) is 8.98. The van der Waals surface area contributed by atoms with E-state index in [4.69, 9.17) is 0 Å². The summed E-state index contributed by atoms with van der Waals surface area (Å²) in [5, 5.41) is 2.06. The predicted molar refractivity (Wildman–Crippen MR) is 102 cm³/mol. The van der Waals surface area contributed by atoms with E-state index in [0.29, 0.717) is 5.69 Å². The number of aromatic nitrogens is 1. The van der Waals surface area contributed by atoms with Crippen molar-refractivity contribution in [1.29, 1.82) is 0 Å². The van der Waals surface area contributed by atoms with Gasteiger partial charge in [0.2, 0.25) is 5.78 Å². The molecule has 3 nitrogen and oxygen atoms in total. The Kier molecular flexibility index (Phi) is 4.22. The molecule has 1 aliphatic rings. The lowest BCUT2D eigenvalue weighted by Gasteiger charge is -2.30. The number of pyridine rings is 1. The van der Waals surface area contributed by atoms with E-state index < -0.39 is 0 Å². The average Bonchev–Trinajstić information content (AvgIpc) is 2.68. The number of benzene rings is 2. The van der Waals surface area contributed by atoms with E-state index in [2.05, 4.69) is 16.8 Å². The number of rotatable bonds is 3. The predicted octanol–water partition coefficient (Wildman–Crippen LogP) is 4.76. The monoisotopic (exact) mass is 330 g/mol. The summed E-state index contributed by atoms with van der Waals surface area (Å²) in [6, 6.07) is 15.9. The maximum absolute atomic E-state index is 13.1. The van der Waals surface area contributed by atoms with Crippen LogP contribution in [0.3, 0.4) is 0 Å². The van der Waals surface area contributed by atoms with E-state index in [1.165, 1.54) is 19.3 Å². The van der Waals surface area contributed by atoms with E-state index in [0.717, 1.165) is 40.7 Å². The Morgan fingerprint density at radius 3 is 2.60 bits per heavy atom. The van der Waals surface area contributed by atoms with Crippen molar-refractivity contribution in [1.82, 2.24) is 4.98 Å². The van der Waals surface area contributed by atoms with Crippen molar-refractivity contribution in [3.63, 3.8) is 0 Å². The number of nitrogens with zero attached hydrogens (tertiary/aromatic N) is 2. The van der Waals surface area contributed by atoms with Crippen molar-refractivity contribution in [2.24, 2.45) is 0 Å². The SMILES string of the molecule is Cc1cnc(C(=O)c2cccc3ccccc23)cc1N1CCCCC1. The zero-order valence-electron chi connectivity index (χ0n) is 14.5. The average molecular weight is 330 g/mol. The number of piperidine rings is 1. The second-order valence-corrected chi connectivity index (χ2v) is 6.76. The number of hydrogen-bond acceptors (Lipinski definition) is 3. The molecule has 1 aromatic heterocycles.